The van der Waals surface area contributed by atoms with Gasteiger partial charge in [-0.25, -0.2) is 13.6 Å². The number of halogens is 2. The van der Waals surface area contributed by atoms with Gasteiger partial charge in [0.1, 0.15) is 6.17 Å². The standard InChI is InChI=1S/C26H28F2O5S2/c1-13-8-16-17-10-19(27)18-9-15(29)4-6-23(18,2)25(17,28)20(30)11-24(16,3)26(13,22(32)34)33-21(31)14-5-7-35-12-14/h4-7,9,12-13,16-17,19-20,30H,8,10-11H2,1-3H3,(H,32,34)/t13?,16-,17-,19?,20?,23-,24-,25?,26?/m0/s1. The van der Waals surface area contributed by atoms with Crippen LogP contribution in [0.5, 0.6) is 0 Å². The Labute approximate surface area is 212 Å². The Hall–Kier alpha value is -1.84. The molecule has 5 nitrogen and oxygen atoms in total. The van der Waals surface area contributed by atoms with Crippen LogP contribution >= 0.6 is 24.0 Å². The zero-order valence-corrected chi connectivity index (χ0v) is 21.4. The van der Waals surface area contributed by atoms with Gasteiger partial charge in [0.2, 0.25) is 5.12 Å². The summed E-state index contributed by atoms with van der Waals surface area (Å²) < 4.78 is 38.8. The lowest BCUT2D eigenvalue weighted by atomic mass is 9.44. The molecule has 1 heterocycles. The first kappa shape index (κ1) is 24.8. The molecule has 1 N–H and O–H groups in total. The average Bonchev–Trinajstić information content (AvgIpc) is 3.39. The van der Waals surface area contributed by atoms with Gasteiger partial charge in [-0.05, 0) is 61.3 Å². The van der Waals surface area contributed by atoms with Gasteiger partial charge in [-0.3, -0.25) is 9.59 Å². The van der Waals surface area contributed by atoms with Crippen molar-refractivity contribution in [1.82, 2.24) is 0 Å². The number of thiol groups is 1. The second kappa shape index (κ2) is 7.83. The number of fused-ring (bicyclic) bond motifs is 5. The molecule has 0 aliphatic heterocycles. The van der Waals surface area contributed by atoms with E-state index in [1.807, 2.05) is 0 Å². The first-order chi connectivity index (χ1) is 16.3. The fourth-order valence-corrected chi connectivity index (χ4v) is 8.97. The number of aliphatic hydroxyl groups is 1. The summed E-state index contributed by atoms with van der Waals surface area (Å²) in [6, 6.07) is 1.59. The maximum Gasteiger partial charge on any atom is 0.340 e. The maximum absolute atomic E-state index is 17.3. The molecule has 3 saturated carbocycles. The van der Waals surface area contributed by atoms with Crippen molar-refractivity contribution in [2.45, 2.75) is 63.6 Å². The fourth-order valence-electron chi connectivity index (χ4n) is 7.83. The number of aliphatic hydroxyl groups excluding tert-OH is 1. The zero-order chi connectivity index (χ0) is 25.6. The van der Waals surface area contributed by atoms with Gasteiger partial charge in [0.15, 0.2) is 17.1 Å². The molecule has 9 atom stereocenters. The highest BCUT2D eigenvalue weighted by atomic mass is 32.1. The van der Waals surface area contributed by atoms with Crippen LogP contribution in [0.3, 0.4) is 0 Å². The third kappa shape index (κ3) is 2.98. The van der Waals surface area contributed by atoms with E-state index < -0.39 is 69.0 Å². The topological polar surface area (TPSA) is 80.7 Å². The molecule has 0 bridgehead atoms. The summed E-state index contributed by atoms with van der Waals surface area (Å²) in [5, 5.41) is 14.1. The molecule has 0 spiro atoms. The number of carbonyl (C=O) groups is 3. The third-order valence-corrected chi connectivity index (χ3v) is 10.5. The quantitative estimate of drug-likeness (QED) is 0.446. The van der Waals surface area contributed by atoms with E-state index in [1.54, 1.807) is 30.7 Å². The number of carbonyl (C=O) groups excluding carboxylic acids is 3. The Morgan fingerprint density at radius 1 is 1.26 bits per heavy atom. The summed E-state index contributed by atoms with van der Waals surface area (Å²) in [6.45, 7) is 5.01. The average molecular weight is 523 g/mol. The van der Waals surface area contributed by atoms with Crippen molar-refractivity contribution in [2.24, 2.45) is 28.6 Å². The van der Waals surface area contributed by atoms with Crippen molar-refractivity contribution >= 4 is 40.8 Å². The van der Waals surface area contributed by atoms with Crippen molar-refractivity contribution in [2.75, 3.05) is 0 Å². The minimum absolute atomic E-state index is 0.0397. The number of allylic oxidation sites excluding steroid dienone is 4. The summed E-state index contributed by atoms with van der Waals surface area (Å²) in [7, 11) is 0. The SMILES string of the molecule is CC1C[C@H]2[C@@H]3CC(F)C4=CC(=O)C=C[C@]4(C)C3(F)C(O)C[C@]2(C)C1(OC(=O)c1ccsc1)C(=O)S. The number of esters is 1. The second-order valence-electron chi connectivity index (χ2n) is 10.9. The van der Waals surface area contributed by atoms with Crippen LogP contribution in [0, 0.1) is 28.6 Å². The molecule has 1 aromatic heterocycles. The monoisotopic (exact) mass is 522 g/mol. The summed E-state index contributed by atoms with van der Waals surface area (Å²) in [5.74, 6) is -3.17. The number of thiophene rings is 1. The molecule has 4 aliphatic rings. The lowest BCUT2D eigenvalue weighted by Gasteiger charge is -2.63. The van der Waals surface area contributed by atoms with Crippen LogP contribution in [0.1, 0.15) is 50.4 Å². The summed E-state index contributed by atoms with van der Waals surface area (Å²) in [5.41, 5.74) is -6.35. The van der Waals surface area contributed by atoms with Crippen molar-refractivity contribution in [3.05, 3.63) is 46.2 Å². The van der Waals surface area contributed by atoms with E-state index in [0.29, 0.717) is 12.0 Å². The van der Waals surface area contributed by atoms with Gasteiger partial charge < -0.3 is 9.84 Å². The summed E-state index contributed by atoms with van der Waals surface area (Å²) in [4.78, 5) is 38.2. The van der Waals surface area contributed by atoms with Crippen molar-refractivity contribution in [3.63, 3.8) is 0 Å². The van der Waals surface area contributed by atoms with Gasteiger partial charge in [0.05, 0.1) is 11.7 Å². The maximum atomic E-state index is 17.3. The lowest BCUT2D eigenvalue weighted by molar-refractivity contribution is -0.221. The number of alkyl halides is 2. The van der Waals surface area contributed by atoms with Gasteiger partial charge >= 0.3 is 5.97 Å². The van der Waals surface area contributed by atoms with Gasteiger partial charge in [0, 0.05) is 28.0 Å². The summed E-state index contributed by atoms with van der Waals surface area (Å²) >= 11 is 5.46. The highest BCUT2D eigenvalue weighted by molar-refractivity contribution is 7.96. The molecule has 0 saturated heterocycles. The van der Waals surface area contributed by atoms with Gasteiger partial charge in [-0.15, -0.1) is 12.6 Å². The van der Waals surface area contributed by atoms with Crippen LogP contribution in [0.25, 0.3) is 0 Å². The Morgan fingerprint density at radius 3 is 2.60 bits per heavy atom. The van der Waals surface area contributed by atoms with E-state index in [4.69, 9.17) is 4.74 Å². The lowest BCUT2D eigenvalue weighted by Crippen LogP contribution is -2.70. The van der Waals surface area contributed by atoms with E-state index in [0.717, 1.165) is 6.08 Å². The molecular weight excluding hydrogens is 494 g/mol. The van der Waals surface area contributed by atoms with E-state index >= 15 is 8.78 Å². The summed E-state index contributed by atoms with van der Waals surface area (Å²) in [6.07, 6.45) is 0.450. The molecule has 0 aromatic carbocycles. The fraction of sp³-hybridized carbons (Fsp3) is 0.577. The molecule has 9 heteroatoms. The molecule has 1 aromatic rings. The Morgan fingerprint density at radius 2 is 1.97 bits per heavy atom. The number of hydrogen-bond acceptors (Lipinski definition) is 6. The van der Waals surface area contributed by atoms with Crippen LogP contribution in [0.2, 0.25) is 0 Å². The van der Waals surface area contributed by atoms with Crippen LogP contribution in [-0.4, -0.2) is 45.5 Å². The molecule has 188 valence electrons. The third-order valence-electron chi connectivity index (χ3n) is 9.50. The van der Waals surface area contributed by atoms with Crippen LogP contribution in [0.15, 0.2) is 40.6 Å². The molecule has 0 radical (unpaired) electrons. The number of ketones is 1. The van der Waals surface area contributed by atoms with Gasteiger partial charge in [0.25, 0.3) is 0 Å². The minimum atomic E-state index is -2.27. The number of hydrogen-bond donors (Lipinski definition) is 2. The Bertz CT molecular complexity index is 1160. The van der Waals surface area contributed by atoms with Crippen molar-refractivity contribution in [3.8, 4) is 0 Å². The molecule has 0 amide bonds. The van der Waals surface area contributed by atoms with Crippen molar-refractivity contribution in [1.29, 1.82) is 0 Å². The van der Waals surface area contributed by atoms with Crippen LogP contribution < -0.4 is 0 Å². The Balaban J connectivity index is 1.62. The molecule has 35 heavy (non-hydrogen) atoms. The highest BCUT2D eigenvalue weighted by Crippen LogP contribution is 2.71. The van der Waals surface area contributed by atoms with Crippen LogP contribution in [0.4, 0.5) is 8.78 Å². The zero-order valence-electron chi connectivity index (χ0n) is 19.7. The largest absolute Gasteiger partial charge is 0.446 e. The molecular formula is C26H28F2O5S2. The Kier molecular flexibility index (Phi) is 5.55. The molecule has 3 fully saturated rings. The van der Waals surface area contributed by atoms with E-state index in [1.165, 1.54) is 30.4 Å². The second-order valence-corrected chi connectivity index (χ2v) is 12.1. The van der Waals surface area contributed by atoms with E-state index in [9.17, 15) is 19.5 Å². The number of rotatable bonds is 3. The predicted octanol–water partition coefficient (Wildman–Crippen LogP) is 4.66. The molecule has 5 rings (SSSR count). The smallest absolute Gasteiger partial charge is 0.340 e. The first-order valence-corrected chi connectivity index (χ1v) is 13.2. The normalized spacial score (nSPS) is 46.3. The van der Waals surface area contributed by atoms with E-state index in [2.05, 4.69) is 12.6 Å². The number of ether oxygens (including phenoxy) is 1. The highest BCUT2D eigenvalue weighted by Gasteiger charge is 2.78. The van der Waals surface area contributed by atoms with E-state index in [-0.39, 0.29) is 18.4 Å². The van der Waals surface area contributed by atoms with Crippen molar-refractivity contribution < 1.29 is 33.0 Å². The molecule has 5 unspecified atom stereocenters. The molecule has 4 aliphatic carbocycles. The minimum Gasteiger partial charge on any atom is -0.446 e. The first-order valence-electron chi connectivity index (χ1n) is 11.8. The van der Waals surface area contributed by atoms with Gasteiger partial charge in [-0.1, -0.05) is 19.9 Å². The van der Waals surface area contributed by atoms with Crippen LogP contribution in [-0.2, 0) is 14.3 Å². The predicted molar refractivity (Wildman–Crippen MR) is 130 cm³/mol. The van der Waals surface area contributed by atoms with Gasteiger partial charge in [-0.2, -0.15) is 11.3 Å².